The molecule has 1 amide bonds. The zero-order valence-corrected chi connectivity index (χ0v) is 14.5. The maximum atomic E-state index is 12.4. The molecule has 0 aromatic rings. The fourth-order valence-electron chi connectivity index (χ4n) is 5.17. The van der Waals surface area contributed by atoms with E-state index in [2.05, 4.69) is 9.80 Å². The molecule has 1 atom stereocenters. The average molecular weight is 320 g/mol. The summed E-state index contributed by atoms with van der Waals surface area (Å²) in [5.41, 5.74) is 0.00769. The number of rotatable bonds is 4. The monoisotopic (exact) mass is 320 g/mol. The molecule has 0 N–H and O–H groups in total. The van der Waals surface area contributed by atoms with Crippen molar-refractivity contribution in [2.24, 2.45) is 5.92 Å². The van der Waals surface area contributed by atoms with Gasteiger partial charge in [-0.3, -0.25) is 9.69 Å². The van der Waals surface area contributed by atoms with Gasteiger partial charge >= 0.3 is 0 Å². The second kappa shape index (κ2) is 6.72. The summed E-state index contributed by atoms with van der Waals surface area (Å²) in [5.74, 6) is 1.18. The maximum absolute atomic E-state index is 12.4. The highest BCUT2D eigenvalue weighted by molar-refractivity contribution is 5.77. The van der Waals surface area contributed by atoms with Gasteiger partial charge in [-0.1, -0.05) is 32.1 Å². The van der Waals surface area contributed by atoms with E-state index in [1.54, 1.807) is 0 Å². The van der Waals surface area contributed by atoms with Crippen molar-refractivity contribution >= 4 is 5.91 Å². The maximum Gasteiger partial charge on any atom is 0.222 e. The summed E-state index contributed by atoms with van der Waals surface area (Å²) in [6.07, 6.45) is 12.5. The molecular weight excluding hydrogens is 288 g/mol. The van der Waals surface area contributed by atoms with Crippen LogP contribution in [0.5, 0.6) is 0 Å². The number of carbonyl (C=O) groups is 1. The average Bonchev–Trinajstić information content (AvgIpc) is 3.21. The first-order chi connectivity index (χ1) is 11.2. The predicted molar refractivity (Wildman–Crippen MR) is 90.3 cm³/mol. The lowest BCUT2D eigenvalue weighted by Gasteiger charge is -2.47. The lowest BCUT2D eigenvalue weighted by Crippen LogP contribution is -2.63. The highest BCUT2D eigenvalue weighted by atomic mass is 16.5. The SMILES string of the molecule is O=C(CCC1CCCCC1)N1CC2(CC(N3CCCC3)CO2)C1. The van der Waals surface area contributed by atoms with Crippen LogP contribution in [-0.2, 0) is 9.53 Å². The molecule has 0 radical (unpaired) electrons. The molecule has 4 heteroatoms. The number of hydrogen-bond acceptors (Lipinski definition) is 3. The number of carbonyl (C=O) groups excluding carboxylic acids is 1. The number of hydrogen-bond donors (Lipinski definition) is 0. The van der Waals surface area contributed by atoms with Crippen molar-refractivity contribution in [2.45, 2.75) is 75.9 Å². The fourth-order valence-corrected chi connectivity index (χ4v) is 5.17. The predicted octanol–water partition coefficient (Wildman–Crippen LogP) is 2.81. The summed E-state index contributed by atoms with van der Waals surface area (Å²) >= 11 is 0. The van der Waals surface area contributed by atoms with Crippen molar-refractivity contribution in [1.82, 2.24) is 9.80 Å². The third-order valence-corrected chi connectivity index (χ3v) is 6.65. The number of nitrogens with zero attached hydrogens (tertiary/aromatic N) is 2. The minimum absolute atomic E-state index is 0.00769. The molecule has 1 unspecified atom stereocenters. The summed E-state index contributed by atoms with van der Waals surface area (Å²) in [6, 6.07) is 0.608. The van der Waals surface area contributed by atoms with Crippen LogP contribution in [0.25, 0.3) is 0 Å². The molecule has 4 rings (SSSR count). The summed E-state index contributed by atoms with van der Waals surface area (Å²) in [4.78, 5) is 17.1. The van der Waals surface area contributed by atoms with Gasteiger partial charge in [0.15, 0.2) is 0 Å². The van der Waals surface area contributed by atoms with Crippen LogP contribution in [-0.4, -0.2) is 60.1 Å². The number of likely N-dealkylation sites (tertiary alicyclic amines) is 2. The Bertz CT molecular complexity index is 421. The minimum Gasteiger partial charge on any atom is -0.370 e. The number of ether oxygens (including phenoxy) is 1. The largest absolute Gasteiger partial charge is 0.370 e. The van der Waals surface area contributed by atoms with Crippen LogP contribution < -0.4 is 0 Å². The molecule has 3 heterocycles. The summed E-state index contributed by atoms with van der Waals surface area (Å²) in [5, 5.41) is 0. The van der Waals surface area contributed by atoms with Crippen molar-refractivity contribution in [1.29, 1.82) is 0 Å². The zero-order valence-electron chi connectivity index (χ0n) is 14.5. The molecule has 0 bridgehead atoms. The molecule has 1 aliphatic carbocycles. The quantitative estimate of drug-likeness (QED) is 0.798. The second-order valence-corrected chi connectivity index (χ2v) is 8.39. The van der Waals surface area contributed by atoms with E-state index in [4.69, 9.17) is 4.74 Å². The Morgan fingerprint density at radius 2 is 1.78 bits per heavy atom. The standard InChI is InChI=1S/C19H32N2O2/c22-18(9-8-16-6-2-1-3-7-16)21-14-19(15-21)12-17(13-23-19)20-10-4-5-11-20/h16-17H,1-15H2. The molecule has 4 fully saturated rings. The van der Waals surface area contributed by atoms with Crippen LogP contribution in [0, 0.1) is 5.92 Å². The molecule has 4 aliphatic rings. The molecule has 3 saturated heterocycles. The molecule has 23 heavy (non-hydrogen) atoms. The zero-order chi connectivity index (χ0) is 15.7. The van der Waals surface area contributed by atoms with Crippen LogP contribution in [0.15, 0.2) is 0 Å². The molecule has 130 valence electrons. The van der Waals surface area contributed by atoms with Crippen LogP contribution in [0.4, 0.5) is 0 Å². The summed E-state index contributed by atoms with van der Waals surface area (Å²) < 4.78 is 6.14. The topological polar surface area (TPSA) is 32.8 Å². The summed E-state index contributed by atoms with van der Waals surface area (Å²) in [6.45, 7) is 5.06. The Hall–Kier alpha value is -0.610. The molecule has 1 saturated carbocycles. The van der Waals surface area contributed by atoms with Gasteiger partial charge in [-0.15, -0.1) is 0 Å². The van der Waals surface area contributed by atoms with Crippen molar-refractivity contribution in [3.8, 4) is 0 Å². The normalized spacial score (nSPS) is 31.7. The Morgan fingerprint density at radius 1 is 1.04 bits per heavy atom. The van der Waals surface area contributed by atoms with Gasteiger partial charge in [0.25, 0.3) is 0 Å². The lowest BCUT2D eigenvalue weighted by atomic mass is 9.85. The Morgan fingerprint density at radius 3 is 2.52 bits per heavy atom. The fraction of sp³-hybridized carbons (Fsp3) is 0.947. The van der Waals surface area contributed by atoms with Gasteiger partial charge in [-0.25, -0.2) is 0 Å². The van der Waals surface area contributed by atoms with Gasteiger partial charge in [0, 0.05) is 12.5 Å². The molecular formula is C19H32N2O2. The summed E-state index contributed by atoms with van der Waals surface area (Å²) in [7, 11) is 0. The highest BCUT2D eigenvalue weighted by Crippen LogP contribution is 2.38. The van der Waals surface area contributed by atoms with Crippen LogP contribution in [0.1, 0.15) is 64.2 Å². The highest BCUT2D eigenvalue weighted by Gasteiger charge is 2.52. The minimum atomic E-state index is 0.00769. The molecule has 4 nitrogen and oxygen atoms in total. The van der Waals surface area contributed by atoms with E-state index in [-0.39, 0.29) is 5.60 Å². The molecule has 3 aliphatic heterocycles. The molecule has 0 aromatic carbocycles. The van der Waals surface area contributed by atoms with Crippen LogP contribution in [0.2, 0.25) is 0 Å². The van der Waals surface area contributed by atoms with Gasteiger partial charge in [-0.05, 0) is 44.7 Å². The van der Waals surface area contributed by atoms with Gasteiger partial charge in [0.1, 0.15) is 5.60 Å². The van der Waals surface area contributed by atoms with Crippen molar-refractivity contribution < 1.29 is 9.53 Å². The molecule has 0 aromatic heterocycles. The van der Waals surface area contributed by atoms with E-state index < -0.39 is 0 Å². The van der Waals surface area contributed by atoms with Crippen molar-refractivity contribution in [3.05, 3.63) is 0 Å². The first kappa shape index (κ1) is 15.9. The molecule has 1 spiro atoms. The van der Waals surface area contributed by atoms with E-state index in [1.165, 1.54) is 58.0 Å². The first-order valence-corrected chi connectivity index (χ1v) is 9.90. The van der Waals surface area contributed by atoms with Gasteiger partial charge in [0.2, 0.25) is 5.91 Å². The third kappa shape index (κ3) is 3.43. The van der Waals surface area contributed by atoms with Gasteiger partial charge in [0.05, 0.1) is 19.7 Å². The van der Waals surface area contributed by atoms with E-state index in [0.29, 0.717) is 11.9 Å². The Kier molecular flexibility index (Phi) is 4.64. The first-order valence-electron chi connectivity index (χ1n) is 9.90. The second-order valence-electron chi connectivity index (χ2n) is 8.39. The van der Waals surface area contributed by atoms with Gasteiger partial charge in [-0.2, -0.15) is 0 Å². The van der Waals surface area contributed by atoms with Crippen molar-refractivity contribution in [3.63, 3.8) is 0 Å². The Labute approximate surface area is 140 Å². The smallest absolute Gasteiger partial charge is 0.222 e. The number of amides is 1. The van der Waals surface area contributed by atoms with E-state index in [9.17, 15) is 4.79 Å². The van der Waals surface area contributed by atoms with E-state index >= 15 is 0 Å². The van der Waals surface area contributed by atoms with Crippen LogP contribution in [0.3, 0.4) is 0 Å². The van der Waals surface area contributed by atoms with Crippen LogP contribution >= 0.6 is 0 Å². The van der Waals surface area contributed by atoms with E-state index in [1.807, 2.05) is 0 Å². The third-order valence-electron chi connectivity index (χ3n) is 6.65. The van der Waals surface area contributed by atoms with Crippen molar-refractivity contribution in [2.75, 3.05) is 32.8 Å². The van der Waals surface area contributed by atoms with E-state index in [0.717, 1.165) is 44.9 Å². The lowest BCUT2D eigenvalue weighted by molar-refractivity contribution is -0.158. The Balaban J connectivity index is 1.19. The van der Waals surface area contributed by atoms with Gasteiger partial charge < -0.3 is 9.64 Å².